The average molecular weight is 317 g/mol. The molecule has 2 amide bonds. The molecular weight excluding hydrogens is 304 g/mol. The second-order valence-electron chi connectivity index (χ2n) is 3.59. The number of hydrogen-bond acceptors (Lipinski definition) is 4. The molecule has 7 nitrogen and oxygen atoms in total. The lowest BCUT2D eigenvalue weighted by molar-refractivity contribution is -0.385. The first-order valence-corrected chi connectivity index (χ1v) is 5.93. The molecule has 0 heterocycles. The molecule has 1 rings (SSSR count). The third kappa shape index (κ3) is 3.88. The van der Waals surface area contributed by atoms with Gasteiger partial charge in [-0.1, -0.05) is 0 Å². The summed E-state index contributed by atoms with van der Waals surface area (Å²) in [4.78, 5) is 20.7. The molecule has 1 aromatic carbocycles. The lowest BCUT2D eigenvalue weighted by Crippen LogP contribution is -2.33. The molecule has 0 bridgehead atoms. The van der Waals surface area contributed by atoms with Gasteiger partial charge in [0.1, 0.15) is 0 Å². The van der Waals surface area contributed by atoms with E-state index in [2.05, 4.69) is 26.6 Å². The van der Waals surface area contributed by atoms with Crippen molar-refractivity contribution in [2.45, 2.75) is 6.92 Å². The van der Waals surface area contributed by atoms with Crippen LogP contribution in [0.25, 0.3) is 0 Å². The summed E-state index contributed by atoms with van der Waals surface area (Å²) in [6.07, 6.45) is 0. The Morgan fingerprint density at radius 2 is 2.17 bits per heavy atom. The van der Waals surface area contributed by atoms with Gasteiger partial charge in [-0.2, -0.15) is 0 Å². The Morgan fingerprint density at radius 1 is 1.50 bits per heavy atom. The molecule has 8 heteroatoms. The first-order valence-electron chi connectivity index (χ1n) is 5.13. The van der Waals surface area contributed by atoms with Crippen LogP contribution in [0.15, 0.2) is 16.6 Å². The van der Waals surface area contributed by atoms with Crippen LogP contribution in [0.5, 0.6) is 0 Å². The molecule has 0 saturated carbocycles. The number of primary amides is 1. The van der Waals surface area contributed by atoms with E-state index in [-0.39, 0.29) is 5.69 Å². The van der Waals surface area contributed by atoms with Crippen LogP contribution < -0.4 is 16.4 Å². The van der Waals surface area contributed by atoms with Gasteiger partial charge in [0.25, 0.3) is 5.69 Å². The zero-order valence-corrected chi connectivity index (χ0v) is 11.3. The molecule has 0 aromatic heterocycles. The minimum atomic E-state index is -0.587. The fraction of sp³-hybridized carbons (Fsp3) is 0.300. The number of carbonyl (C=O) groups is 1. The van der Waals surface area contributed by atoms with Crippen LogP contribution in [-0.4, -0.2) is 24.0 Å². The number of aryl methyl sites for hydroxylation is 1. The Labute approximate surface area is 112 Å². The Morgan fingerprint density at radius 3 is 2.72 bits per heavy atom. The Bertz CT molecular complexity index is 478. The van der Waals surface area contributed by atoms with Crippen LogP contribution in [0.4, 0.5) is 16.2 Å². The molecule has 0 unspecified atom stereocenters. The smallest absolute Gasteiger partial charge is 0.312 e. The van der Waals surface area contributed by atoms with E-state index >= 15 is 0 Å². The summed E-state index contributed by atoms with van der Waals surface area (Å²) in [5.74, 6) is 0. The monoisotopic (exact) mass is 316 g/mol. The highest BCUT2D eigenvalue weighted by Crippen LogP contribution is 2.30. The van der Waals surface area contributed by atoms with Crippen molar-refractivity contribution in [1.82, 2.24) is 5.32 Å². The molecule has 0 saturated heterocycles. The fourth-order valence-electron chi connectivity index (χ4n) is 1.39. The predicted molar refractivity (Wildman–Crippen MR) is 71.6 cm³/mol. The van der Waals surface area contributed by atoms with Gasteiger partial charge >= 0.3 is 6.03 Å². The first-order chi connectivity index (χ1) is 8.41. The number of urea groups is 1. The van der Waals surface area contributed by atoms with Gasteiger partial charge in [0.15, 0.2) is 0 Å². The topological polar surface area (TPSA) is 110 Å². The molecule has 0 fully saturated rings. The number of carbonyl (C=O) groups excluding carboxylic acids is 1. The fourth-order valence-corrected chi connectivity index (χ4v) is 1.86. The standard InChI is InChI=1S/C10H13BrN4O3/c1-6-4-8(13-2-3-14-10(12)16)7(11)5-9(6)15(17)18/h4-5,13H,2-3H2,1H3,(H3,12,14,16). The quantitative estimate of drug-likeness (QED) is 0.436. The van der Waals surface area contributed by atoms with Crippen molar-refractivity contribution in [2.75, 3.05) is 18.4 Å². The summed E-state index contributed by atoms with van der Waals surface area (Å²) in [6, 6.07) is 2.53. The van der Waals surface area contributed by atoms with E-state index in [4.69, 9.17) is 5.73 Å². The lowest BCUT2D eigenvalue weighted by Gasteiger charge is -2.10. The van der Waals surface area contributed by atoms with Crippen molar-refractivity contribution in [1.29, 1.82) is 0 Å². The predicted octanol–water partition coefficient (Wildman–Crippen LogP) is 1.75. The highest BCUT2D eigenvalue weighted by atomic mass is 79.9. The van der Waals surface area contributed by atoms with Crippen molar-refractivity contribution in [3.05, 3.63) is 32.3 Å². The van der Waals surface area contributed by atoms with Crippen LogP contribution >= 0.6 is 15.9 Å². The number of anilines is 1. The molecule has 0 aliphatic rings. The highest BCUT2D eigenvalue weighted by molar-refractivity contribution is 9.10. The molecule has 98 valence electrons. The number of amides is 2. The summed E-state index contributed by atoms with van der Waals surface area (Å²) in [5, 5.41) is 16.2. The molecule has 0 atom stereocenters. The Kier molecular flexibility index (Phi) is 4.90. The number of nitrogens with one attached hydrogen (secondary N) is 2. The van der Waals surface area contributed by atoms with Crippen LogP contribution in [0.2, 0.25) is 0 Å². The largest absolute Gasteiger partial charge is 0.382 e. The molecule has 18 heavy (non-hydrogen) atoms. The maximum Gasteiger partial charge on any atom is 0.312 e. The number of hydrogen-bond donors (Lipinski definition) is 3. The second kappa shape index (κ2) is 6.20. The third-order valence-electron chi connectivity index (χ3n) is 2.22. The molecule has 1 aromatic rings. The van der Waals surface area contributed by atoms with Gasteiger partial charge in [0.2, 0.25) is 0 Å². The van der Waals surface area contributed by atoms with Gasteiger partial charge in [-0.3, -0.25) is 10.1 Å². The Balaban J connectivity index is 2.70. The van der Waals surface area contributed by atoms with E-state index in [9.17, 15) is 14.9 Å². The normalized spacial score (nSPS) is 9.89. The van der Waals surface area contributed by atoms with E-state index < -0.39 is 11.0 Å². The molecule has 0 aliphatic carbocycles. The van der Waals surface area contributed by atoms with Crippen molar-refractivity contribution in [3.8, 4) is 0 Å². The number of nitrogens with zero attached hydrogens (tertiary/aromatic N) is 1. The first kappa shape index (κ1) is 14.2. The molecule has 0 radical (unpaired) electrons. The molecular formula is C10H13BrN4O3. The van der Waals surface area contributed by atoms with Crippen molar-refractivity contribution < 1.29 is 9.72 Å². The van der Waals surface area contributed by atoms with E-state index in [1.807, 2.05) is 0 Å². The van der Waals surface area contributed by atoms with Gasteiger partial charge in [0, 0.05) is 34.9 Å². The third-order valence-corrected chi connectivity index (χ3v) is 2.88. The minimum Gasteiger partial charge on any atom is -0.382 e. The van der Waals surface area contributed by atoms with Gasteiger partial charge in [0.05, 0.1) is 4.92 Å². The summed E-state index contributed by atoms with van der Waals surface area (Å²) >= 11 is 3.25. The number of nitro benzene ring substituents is 1. The van der Waals surface area contributed by atoms with Crippen molar-refractivity contribution in [2.24, 2.45) is 5.73 Å². The average Bonchev–Trinajstić information content (AvgIpc) is 2.27. The van der Waals surface area contributed by atoms with Gasteiger partial charge in [-0.15, -0.1) is 0 Å². The molecule has 4 N–H and O–H groups in total. The van der Waals surface area contributed by atoms with E-state index in [0.717, 1.165) is 5.69 Å². The van der Waals surface area contributed by atoms with Crippen LogP contribution in [0.1, 0.15) is 5.56 Å². The number of benzene rings is 1. The van der Waals surface area contributed by atoms with E-state index in [1.54, 1.807) is 13.0 Å². The molecule has 0 spiro atoms. The van der Waals surface area contributed by atoms with Crippen LogP contribution in [0, 0.1) is 17.0 Å². The molecule has 0 aliphatic heterocycles. The summed E-state index contributed by atoms with van der Waals surface area (Å²) in [7, 11) is 0. The van der Waals surface area contributed by atoms with E-state index in [0.29, 0.717) is 23.1 Å². The SMILES string of the molecule is Cc1cc(NCCNC(N)=O)c(Br)cc1[N+](=O)[O-]. The summed E-state index contributed by atoms with van der Waals surface area (Å²) < 4.78 is 0.596. The van der Waals surface area contributed by atoms with Crippen molar-refractivity contribution >= 4 is 33.3 Å². The highest BCUT2D eigenvalue weighted by Gasteiger charge is 2.13. The number of halogens is 1. The van der Waals surface area contributed by atoms with Gasteiger partial charge < -0.3 is 16.4 Å². The Hall–Kier alpha value is -1.83. The van der Waals surface area contributed by atoms with E-state index in [1.165, 1.54) is 6.07 Å². The number of nitro groups is 1. The number of rotatable bonds is 5. The maximum atomic E-state index is 10.7. The zero-order valence-electron chi connectivity index (χ0n) is 9.70. The van der Waals surface area contributed by atoms with Gasteiger partial charge in [-0.05, 0) is 28.9 Å². The maximum absolute atomic E-state index is 10.7. The minimum absolute atomic E-state index is 0.0580. The second-order valence-corrected chi connectivity index (χ2v) is 4.45. The van der Waals surface area contributed by atoms with Crippen molar-refractivity contribution in [3.63, 3.8) is 0 Å². The van der Waals surface area contributed by atoms with Gasteiger partial charge in [-0.25, -0.2) is 4.79 Å². The van der Waals surface area contributed by atoms with Crippen LogP contribution in [-0.2, 0) is 0 Å². The summed E-state index contributed by atoms with van der Waals surface area (Å²) in [6.45, 7) is 2.51. The summed E-state index contributed by atoms with van der Waals surface area (Å²) in [5.41, 5.74) is 6.26. The zero-order chi connectivity index (χ0) is 13.7. The number of nitrogens with two attached hydrogens (primary N) is 1. The lowest BCUT2D eigenvalue weighted by atomic mass is 10.2. The van der Waals surface area contributed by atoms with Crippen LogP contribution in [0.3, 0.4) is 0 Å².